The molecule has 6 nitrogen and oxygen atoms in total. The zero-order chi connectivity index (χ0) is 17.8. The van der Waals surface area contributed by atoms with E-state index in [1.807, 2.05) is 0 Å². The van der Waals surface area contributed by atoms with E-state index in [9.17, 15) is 4.79 Å². The Kier molecular flexibility index (Phi) is 5.53. The molecule has 0 atom stereocenters. The summed E-state index contributed by atoms with van der Waals surface area (Å²) in [6, 6.07) is 8.01. The van der Waals surface area contributed by atoms with E-state index in [1.165, 1.54) is 12.3 Å². The van der Waals surface area contributed by atoms with Gasteiger partial charge in [0.1, 0.15) is 5.75 Å². The molecule has 2 aromatic rings. The van der Waals surface area contributed by atoms with Crippen molar-refractivity contribution in [3.8, 4) is 17.2 Å². The first-order chi connectivity index (χ1) is 12.0. The molecule has 1 amide bonds. The van der Waals surface area contributed by atoms with Gasteiger partial charge in [0.05, 0.1) is 16.3 Å². The second-order valence-corrected chi connectivity index (χ2v) is 6.13. The van der Waals surface area contributed by atoms with Crippen LogP contribution in [0.2, 0.25) is 15.1 Å². The van der Waals surface area contributed by atoms with Gasteiger partial charge in [0.15, 0.2) is 18.1 Å². The van der Waals surface area contributed by atoms with Crippen molar-refractivity contribution in [2.24, 2.45) is 5.10 Å². The zero-order valence-electron chi connectivity index (χ0n) is 12.6. The molecule has 0 aliphatic carbocycles. The van der Waals surface area contributed by atoms with Crippen LogP contribution in [-0.4, -0.2) is 25.5 Å². The molecule has 1 aliphatic rings. The first kappa shape index (κ1) is 17.7. The van der Waals surface area contributed by atoms with Crippen LogP contribution < -0.4 is 19.6 Å². The molecular formula is C16H11Cl3N2O4. The van der Waals surface area contributed by atoms with Gasteiger partial charge in [-0.2, -0.15) is 5.10 Å². The van der Waals surface area contributed by atoms with E-state index >= 15 is 0 Å². The van der Waals surface area contributed by atoms with Crippen molar-refractivity contribution in [2.45, 2.75) is 0 Å². The van der Waals surface area contributed by atoms with Gasteiger partial charge in [-0.25, -0.2) is 5.43 Å². The molecule has 0 radical (unpaired) electrons. The van der Waals surface area contributed by atoms with Crippen molar-refractivity contribution in [3.63, 3.8) is 0 Å². The number of halogens is 3. The number of nitrogens with one attached hydrogen (secondary N) is 1. The minimum atomic E-state index is -0.468. The zero-order valence-corrected chi connectivity index (χ0v) is 14.9. The van der Waals surface area contributed by atoms with Crippen LogP contribution in [0.15, 0.2) is 35.4 Å². The predicted octanol–water partition coefficient (Wildman–Crippen LogP) is 3.90. The molecule has 1 heterocycles. The highest BCUT2D eigenvalue weighted by Gasteiger charge is 2.15. The van der Waals surface area contributed by atoms with Gasteiger partial charge in [0.25, 0.3) is 5.91 Å². The number of hydrogen-bond donors (Lipinski definition) is 1. The van der Waals surface area contributed by atoms with E-state index in [0.717, 1.165) is 0 Å². The second kappa shape index (κ2) is 7.82. The van der Waals surface area contributed by atoms with Crippen molar-refractivity contribution in [3.05, 3.63) is 51.0 Å². The average molecular weight is 402 g/mol. The average Bonchev–Trinajstić information content (AvgIpc) is 3.03. The molecule has 0 bridgehead atoms. The summed E-state index contributed by atoms with van der Waals surface area (Å²) in [6.45, 7) is -0.126. The van der Waals surface area contributed by atoms with E-state index in [-0.39, 0.29) is 13.4 Å². The fraction of sp³-hybridized carbons (Fsp3) is 0.125. The summed E-state index contributed by atoms with van der Waals surface area (Å²) in [7, 11) is 0. The molecule has 9 heteroatoms. The lowest BCUT2D eigenvalue weighted by molar-refractivity contribution is -0.123. The molecule has 0 saturated carbocycles. The topological polar surface area (TPSA) is 69.2 Å². The largest absolute Gasteiger partial charge is 0.482 e. The Morgan fingerprint density at radius 1 is 1.16 bits per heavy atom. The van der Waals surface area contributed by atoms with Gasteiger partial charge >= 0.3 is 0 Å². The number of hydrogen-bond acceptors (Lipinski definition) is 5. The molecule has 3 rings (SSSR count). The fourth-order valence-corrected chi connectivity index (χ4v) is 2.51. The normalized spacial score (nSPS) is 12.4. The Morgan fingerprint density at radius 2 is 1.92 bits per heavy atom. The summed E-state index contributed by atoms with van der Waals surface area (Å²) in [5.74, 6) is 0.977. The Balaban J connectivity index is 1.55. The fourth-order valence-electron chi connectivity index (χ4n) is 1.97. The molecule has 25 heavy (non-hydrogen) atoms. The number of ether oxygens (including phenoxy) is 3. The number of nitrogens with zero attached hydrogens (tertiary/aromatic N) is 1. The maximum Gasteiger partial charge on any atom is 0.277 e. The Labute approximate surface area is 158 Å². The van der Waals surface area contributed by atoms with Crippen LogP contribution in [0.5, 0.6) is 17.2 Å². The van der Waals surface area contributed by atoms with Gasteiger partial charge < -0.3 is 14.2 Å². The molecule has 1 N–H and O–H groups in total. The summed E-state index contributed by atoms with van der Waals surface area (Å²) >= 11 is 17.9. The molecule has 0 aromatic heterocycles. The minimum Gasteiger partial charge on any atom is -0.482 e. The number of benzene rings is 2. The van der Waals surface area contributed by atoms with E-state index in [4.69, 9.17) is 49.0 Å². The van der Waals surface area contributed by atoms with Gasteiger partial charge in [-0.05, 0) is 18.2 Å². The Hall–Kier alpha value is -2.15. The second-order valence-electron chi connectivity index (χ2n) is 4.88. The van der Waals surface area contributed by atoms with Crippen LogP contribution in [0, 0.1) is 0 Å². The van der Waals surface area contributed by atoms with Crippen LogP contribution >= 0.6 is 34.8 Å². The van der Waals surface area contributed by atoms with Gasteiger partial charge in [0, 0.05) is 22.7 Å². The molecule has 1 aliphatic heterocycles. The van der Waals surface area contributed by atoms with E-state index in [0.29, 0.717) is 37.9 Å². The van der Waals surface area contributed by atoms with Crippen LogP contribution in [0.25, 0.3) is 0 Å². The third-order valence-electron chi connectivity index (χ3n) is 3.14. The first-order valence-corrected chi connectivity index (χ1v) is 8.15. The lowest BCUT2D eigenvalue weighted by Gasteiger charge is -2.07. The highest BCUT2D eigenvalue weighted by atomic mass is 35.5. The Morgan fingerprint density at radius 3 is 2.72 bits per heavy atom. The number of rotatable bonds is 5. The lowest BCUT2D eigenvalue weighted by Crippen LogP contribution is -2.24. The number of carbonyl (C=O) groups is 1. The monoisotopic (exact) mass is 400 g/mol. The smallest absolute Gasteiger partial charge is 0.277 e. The molecule has 0 spiro atoms. The van der Waals surface area contributed by atoms with E-state index in [1.54, 1.807) is 24.3 Å². The summed E-state index contributed by atoms with van der Waals surface area (Å²) in [4.78, 5) is 11.8. The SMILES string of the molecule is O=C(COc1cc(Cl)ccc1Cl)NN=Cc1cc2c(cc1Cl)OCO2. The maximum absolute atomic E-state index is 11.8. The van der Waals surface area contributed by atoms with Crippen molar-refractivity contribution in [2.75, 3.05) is 13.4 Å². The number of carbonyl (C=O) groups excluding carboxylic acids is 1. The van der Waals surface area contributed by atoms with Gasteiger partial charge in [-0.15, -0.1) is 0 Å². The Bertz CT molecular complexity index is 842. The molecular weight excluding hydrogens is 391 g/mol. The summed E-state index contributed by atoms with van der Waals surface area (Å²) in [6.07, 6.45) is 1.40. The van der Waals surface area contributed by atoms with Crippen LogP contribution in [0.4, 0.5) is 0 Å². The first-order valence-electron chi connectivity index (χ1n) is 7.02. The maximum atomic E-state index is 11.8. The third kappa shape index (κ3) is 4.48. The van der Waals surface area contributed by atoms with Crippen LogP contribution in [0.1, 0.15) is 5.56 Å². The number of fused-ring (bicyclic) bond motifs is 1. The standard InChI is InChI=1S/C16H11Cl3N2O4/c17-10-1-2-11(18)13(4-10)23-7-16(22)21-20-6-9-3-14-15(5-12(9)19)25-8-24-14/h1-6H,7-8H2,(H,21,22). The third-order valence-corrected chi connectivity index (χ3v) is 4.01. The highest BCUT2D eigenvalue weighted by Crippen LogP contribution is 2.36. The predicted molar refractivity (Wildman–Crippen MR) is 95.3 cm³/mol. The van der Waals surface area contributed by atoms with Gasteiger partial charge in [-0.1, -0.05) is 34.8 Å². The van der Waals surface area contributed by atoms with Gasteiger partial charge in [0.2, 0.25) is 6.79 Å². The van der Waals surface area contributed by atoms with E-state index in [2.05, 4.69) is 10.5 Å². The minimum absolute atomic E-state index is 0.145. The number of hydrazone groups is 1. The van der Waals surface area contributed by atoms with Crippen molar-refractivity contribution in [1.29, 1.82) is 0 Å². The van der Waals surface area contributed by atoms with Crippen molar-refractivity contribution < 1.29 is 19.0 Å². The van der Waals surface area contributed by atoms with Gasteiger partial charge in [-0.3, -0.25) is 4.79 Å². The molecule has 0 unspecified atom stereocenters. The highest BCUT2D eigenvalue weighted by molar-refractivity contribution is 6.34. The molecule has 130 valence electrons. The molecule has 0 fully saturated rings. The van der Waals surface area contributed by atoms with Crippen molar-refractivity contribution in [1.82, 2.24) is 5.43 Å². The summed E-state index contributed by atoms with van der Waals surface area (Å²) in [5.41, 5.74) is 2.90. The quantitative estimate of drug-likeness (QED) is 0.609. The summed E-state index contributed by atoms with van der Waals surface area (Å²) < 4.78 is 15.8. The van der Waals surface area contributed by atoms with Crippen molar-refractivity contribution >= 4 is 46.9 Å². The lowest BCUT2D eigenvalue weighted by atomic mass is 10.2. The molecule has 2 aromatic carbocycles. The number of amides is 1. The van der Waals surface area contributed by atoms with Crippen LogP contribution in [0.3, 0.4) is 0 Å². The van der Waals surface area contributed by atoms with Crippen LogP contribution in [-0.2, 0) is 4.79 Å². The molecule has 0 saturated heterocycles. The summed E-state index contributed by atoms with van der Waals surface area (Å²) in [5, 5.41) is 5.06. The van der Waals surface area contributed by atoms with E-state index < -0.39 is 5.91 Å².